The van der Waals surface area contributed by atoms with Crippen molar-refractivity contribution in [1.82, 2.24) is 20.1 Å². The highest BCUT2D eigenvalue weighted by Gasteiger charge is 2.53. The molecule has 4 rings (SSSR count). The lowest BCUT2D eigenvalue weighted by Crippen LogP contribution is -2.73. The number of carbonyl (C=O) groups excluding carboxylic acids is 3. The summed E-state index contributed by atoms with van der Waals surface area (Å²) >= 11 is 0. The van der Waals surface area contributed by atoms with Gasteiger partial charge in [-0.05, 0) is 44.6 Å². The number of benzene rings is 1. The fraction of sp³-hybridized carbons (Fsp3) is 0.577. The van der Waals surface area contributed by atoms with E-state index in [9.17, 15) is 14.4 Å². The number of fused-ring (bicyclic) bond motifs is 1. The molecule has 7 nitrogen and oxygen atoms in total. The molecule has 1 spiro atoms. The Kier molecular flexibility index (Phi) is 6.61. The van der Waals surface area contributed by atoms with Gasteiger partial charge in [0.05, 0.1) is 6.04 Å². The second-order valence-electron chi connectivity index (χ2n) is 10.0. The van der Waals surface area contributed by atoms with Gasteiger partial charge in [-0.3, -0.25) is 19.3 Å². The first-order chi connectivity index (χ1) is 15.8. The average Bonchev–Trinajstić information content (AvgIpc) is 3.20. The maximum absolute atomic E-state index is 13.4. The minimum Gasteiger partial charge on any atom is -0.361 e. The maximum atomic E-state index is 13.4. The molecule has 2 N–H and O–H groups in total. The Hall–Kier alpha value is -2.67. The Morgan fingerprint density at radius 3 is 2.52 bits per heavy atom. The third-order valence-electron chi connectivity index (χ3n) is 7.25. The molecule has 3 heterocycles. The lowest BCUT2D eigenvalue weighted by Gasteiger charge is -2.52. The summed E-state index contributed by atoms with van der Waals surface area (Å²) < 4.78 is 0. The van der Waals surface area contributed by atoms with Crippen molar-refractivity contribution in [2.75, 3.05) is 19.6 Å². The van der Waals surface area contributed by atoms with Crippen LogP contribution < -0.4 is 5.32 Å². The van der Waals surface area contributed by atoms with E-state index in [4.69, 9.17) is 0 Å². The molecule has 1 aromatic heterocycles. The van der Waals surface area contributed by atoms with Gasteiger partial charge >= 0.3 is 0 Å². The number of likely N-dealkylation sites (tertiary alicyclic amines) is 1. The number of nitrogens with zero attached hydrogens (tertiary/aromatic N) is 2. The van der Waals surface area contributed by atoms with Gasteiger partial charge < -0.3 is 15.2 Å². The minimum atomic E-state index is -0.821. The molecule has 2 saturated heterocycles. The zero-order valence-electron chi connectivity index (χ0n) is 20.2. The number of aromatic nitrogens is 1. The Balaban J connectivity index is 1.58. The Morgan fingerprint density at radius 1 is 1.18 bits per heavy atom. The van der Waals surface area contributed by atoms with Gasteiger partial charge in [-0.2, -0.15) is 0 Å². The maximum Gasteiger partial charge on any atom is 0.246 e. The van der Waals surface area contributed by atoms with Crippen LogP contribution in [0.2, 0.25) is 0 Å². The number of nitrogens with one attached hydrogen (secondary N) is 2. The number of Topliss-reactive ketones (excluding diaryl/α,β-unsaturated/α-hetero) is 1. The molecule has 1 aromatic carbocycles. The number of H-pyrrole nitrogens is 1. The topological polar surface area (TPSA) is 85.5 Å². The van der Waals surface area contributed by atoms with E-state index in [0.717, 1.165) is 22.9 Å². The van der Waals surface area contributed by atoms with Crippen molar-refractivity contribution in [3.63, 3.8) is 0 Å². The largest absolute Gasteiger partial charge is 0.361 e. The van der Waals surface area contributed by atoms with Gasteiger partial charge in [0.15, 0.2) is 5.78 Å². The summed E-state index contributed by atoms with van der Waals surface area (Å²) in [5.74, 6) is 0.416. The molecule has 2 fully saturated rings. The first-order valence-electron chi connectivity index (χ1n) is 12.2. The molecule has 2 aliphatic heterocycles. The molecule has 178 valence electrons. The Morgan fingerprint density at radius 2 is 1.88 bits per heavy atom. The van der Waals surface area contributed by atoms with Gasteiger partial charge in [0.25, 0.3) is 0 Å². The first kappa shape index (κ1) is 23.5. The molecule has 2 unspecified atom stereocenters. The summed E-state index contributed by atoms with van der Waals surface area (Å²) in [4.78, 5) is 46.9. The van der Waals surface area contributed by atoms with E-state index in [1.165, 1.54) is 0 Å². The summed E-state index contributed by atoms with van der Waals surface area (Å²) in [6, 6.07) is 7.20. The number of aromatic amines is 1. The van der Waals surface area contributed by atoms with E-state index in [0.29, 0.717) is 44.8 Å². The number of amides is 2. The lowest BCUT2D eigenvalue weighted by atomic mass is 9.80. The fourth-order valence-electron chi connectivity index (χ4n) is 5.70. The molecule has 0 radical (unpaired) electrons. The van der Waals surface area contributed by atoms with E-state index in [1.807, 2.05) is 42.3 Å². The number of piperidine rings is 1. The van der Waals surface area contributed by atoms with Crippen molar-refractivity contribution in [3.8, 4) is 0 Å². The summed E-state index contributed by atoms with van der Waals surface area (Å²) in [6.07, 6.45) is 4.46. The van der Waals surface area contributed by atoms with Crippen LogP contribution in [0.3, 0.4) is 0 Å². The minimum absolute atomic E-state index is 0.0349. The molecule has 0 saturated carbocycles. The molecule has 33 heavy (non-hydrogen) atoms. The van der Waals surface area contributed by atoms with E-state index < -0.39 is 11.6 Å². The Labute approximate surface area is 195 Å². The molecular formula is C26H36N4O3. The number of carbonyl (C=O) groups is 3. The quantitative estimate of drug-likeness (QED) is 0.674. The molecule has 0 aliphatic carbocycles. The highest BCUT2D eigenvalue weighted by molar-refractivity contribution is 6.00. The molecule has 0 bridgehead atoms. The molecule has 2 aromatic rings. The number of ketones is 1. The standard InChI is InChI=1S/C26H36N4O3/c1-5-12-30-24(32)22(15-17(2)3)28-25(33)26(30)10-13-29(14-11-26)23(18(4)31)20-16-27-21-9-7-6-8-19(20)21/h6-9,16-17,22-23,27H,5,10-15H2,1-4H3,(H,28,33). The van der Waals surface area contributed by atoms with Crippen LogP contribution in [0.15, 0.2) is 30.5 Å². The summed E-state index contributed by atoms with van der Waals surface area (Å²) in [7, 11) is 0. The van der Waals surface area contributed by atoms with Crippen molar-refractivity contribution < 1.29 is 14.4 Å². The van der Waals surface area contributed by atoms with Crippen LogP contribution in [0, 0.1) is 5.92 Å². The Bertz CT molecular complexity index is 1040. The number of piperazine rings is 1. The van der Waals surface area contributed by atoms with Crippen LogP contribution in [0.1, 0.15) is 65.0 Å². The van der Waals surface area contributed by atoms with E-state index in [-0.39, 0.29) is 23.6 Å². The van der Waals surface area contributed by atoms with Crippen LogP contribution in [-0.4, -0.2) is 63.6 Å². The zero-order chi connectivity index (χ0) is 23.8. The second kappa shape index (κ2) is 9.29. The summed E-state index contributed by atoms with van der Waals surface area (Å²) in [6.45, 7) is 9.56. The molecule has 2 aliphatic rings. The average molecular weight is 453 g/mol. The highest BCUT2D eigenvalue weighted by atomic mass is 16.2. The molecule has 7 heteroatoms. The van der Waals surface area contributed by atoms with Crippen LogP contribution in [0.4, 0.5) is 0 Å². The smallest absolute Gasteiger partial charge is 0.246 e. The monoisotopic (exact) mass is 452 g/mol. The van der Waals surface area contributed by atoms with Crippen molar-refractivity contribution in [2.45, 2.75) is 71.0 Å². The van der Waals surface area contributed by atoms with Gasteiger partial charge in [0.1, 0.15) is 11.6 Å². The predicted octanol–water partition coefficient (Wildman–Crippen LogP) is 3.42. The van der Waals surface area contributed by atoms with Gasteiger partial charge in [-0.1, -0.05) is 39.0 Å². The number of rotatable bonds is 7. The van der Waals surface area contributed by atoms with Crippen LogP contribution >= 0.6 is 0 Å². The second-order valence-corrected chi connectivity index (χ2v) is 10.0. The van der Waals surface area contributed by atoms with Crippen LogP contribution in [0.25, 0.3) is 10.9 Å². The highest BCUT2D eigenvalue weighted by Crippen LogP contribution is 2.38. The van der Waals surface area contributed by atoms with Gasteiger partial charge in [0.2, 0.25) is 11.8 Å². The number of para-hydroxylation sites is 1. The van der Waals surface area contributed by atoms with Gasteiger partial charge in [-0.25, -0.2) is 0 Å². The third-order valence-corrected chi connectivity index (χ3v) is 7.25. The molecule has 2 amide bonds. The zero-order valence-corrected chi connectivity index (χ0v) is 20.2. The van der Waals surface area contributed by atoms with Gasteiger partial charge in [-0.15, -0.1) is 0 Å². The SMILES string of the molecule is CCCN1C(=O)C(CC(C)C)NC(=O)C12CCN(C(C(C)=O)c1c[nH]c3ccccc13)CC2. The number of hydrogen-bond donors (Lipinski definition) is 2. The van der Waals surface area contributed by atoms with Crippen molar-refractivity contribution in [3.05, 3.63) is 36.0 Å². The number of hydrogen-bond acceptors (Lipinski definition) is 4. The first-order valence-corrected chi connectivity index (χ1v) is 12.2. The van der Waals surface area contributed by atoms with Crippen LogP contribution in [0.5, 0.6) is 0 Å². The van der Waals surface area contributed by atoms with Gasteiger partial charge in [0, 0.05) is 42.3 Å². The van der Waals surface area contributed by atoms with Crippen molar-refractivity contribution in [1.29, 1.82) is 0 Å². The lowest BCUT2D eigenvalue weighted by molar-refractivity contribution is -0.162. The van der Waals surface area contributed by atoms with Crippen molar-refractivity contribution >= 4 is 28.5 Å². The predicted molar refractivity (Wildman–Crippen MR) is 129 cm³/mol. The van der Waals surface area contributed by atoms with E-state index in [2.05, 4.69) is 29.0 Å². The summed E-state index contributed by atoms with van der Waals surface area (Å²) in [5.41, 5.74) is 1.16. The normalized spacial score (nSPS) is 22.2. The fourth-order valence-corrected chi connectivity index (χ4v) is 5.70. The molecule has 2 atom stereocenters. The van der Waals surface area contributed by atoms with E-state index in [1.54, 1.807) is 6.92 Å². The molecular weight excluding hydrogens is 416 g/mol. The van der Waals surface area contributed by atoms with Crippen molar-refractivity contribution in [2.24, 2.45) is 5.92 Å². The van der Waals surface area contributed by atoms with Crippen LogP contribution in [-0.2, 0) is 14.4 Å². The third kappa shape index (κ3) is 4.19. The van der Waals surface area contributed by atoms with E-state index >= 15 is 0 Å². The summed E-state index contributed by atoms with van der Waals surface area (Å²) in [5, 5.41) is 4.09.